The Balaban J connectivity index is 0.000000295. The third kappa shape index (κ3) is 7.81. The lowest BCUT2D eigenvalue weighted by molar-refractivity contribution is 0.744. The van der Waals surface area contributed by atoms with Crippen LogP contribution in [0.25, 0.3) is 55.9 Å². The summed E-state index contributed by atoms with van der Waals surface area (Å²) in [5.74, 6) is 0.374. The molecule has 3 aromatic heterocycles. The van der Waals surface area contributed by atoms with Crippen molar-refractivity contribution < 1.29 is 0 Å². The van der Waals surface area contributed by atoms with E-state index in [2.05, 4.69) is 158 Å². The third-order valence-electron chi connectivity index (χ3n) is 12.0. The maximum absolute atomic E-state index is 4.92. The summed E-state index contributed by atoms with van der Waals surface area (Å²) >= 11 is 0. The highest BCUT2D eigenvalue weighted by atomic mass is 14.8. The minimum atomic E-state index is 0.374. The molecule has 0 spiro atoms. The third-order valence-corrected chi connectivity index (χ3v) is 12.0. The molecule has 0 saturated heterocycles. The van der Waals surface area contributed by atoms with E-state index < -0.39 is 0 Å². The lowest BCUT2D eigenvalue weighted by Crippen LogP contribution is -2.12. The molecule has 2 aliphatic carbocycles. The van der Waals surface area contributed by atoms with Crippen molar-refractivity contribution in [1.29, 1.82) is 0 Å². The molecule has 0 saturated carbocycles. The van der Waals surface area contributed by atoms with Crippen LogP contribution in [0.5, 0.6) is 0 Å². The van der Waals surface area contributed by atoms with E-state index >= 15 is 0 Å². The van der Waals surface area contributed by atoms with Crippen LogP contribution >= 0.6 is 0 Å². The van der Waals surface area contributed by atoms with Crippen molar-refractivity contribution in [2.75, 3.05) is 7.05 Å². The van der Waals surface area contributed by atoms with Gasteiger partial charge in [-0.2, -0.15) is 0 Å². The molecule has 1 N–H and O–H groups in total. The second-order valence-corrected chi connectivity index (χ2v) is 15.3. The van der Waals surface area contributed by atoms with Crippen LogP contribution in [0.2, 0.25) is 0 Å². The lowest BCUT2D eigenvalue weighted by Gasteiger charge is -2.22. The van der Waals surface area contributed by atoms with Gasteiger partial charge in [-0.05, 0) is 174 Å². The molecule has 0 amide bonds. The normalized spacial score (nSPS) is 15.5. The second kappa shape index (κ2) is 17.4. The van der Waals surface area contributed by atoms with E-state index in [9.17, 15) is 0 Å². The van der Waals surface area contributed by atoms with Crippen molar-refractivity contribution in [3.8, 4) is 44.6 Å². The number of benzene rings is 3. The summed E-state index contributed by atoms with van der Waals surface area (Å²) in [6, 6.07) is 31.0. The molecule has 4 heterocycles. The van der Waals surface area contributed by atoms with Gasteiger partial charge in [0.2, 0.25) is 0 Å². The first-order valence-electron chi connectivity index (χ1n) is 20.6. The van der Waals surface area contributed by atoms with E-state index in [-0.39, 0.29) is 0 Å². The fourth-order valence-corrected chi connectivity index (χ4v) is 8.71. The number of aliphatic imine (C=N–C) groups is 1. The van der Waals surface area contributed by atoms with E-state index in [1.165, 1.54) is 89.0 Å². The van der Waals surface area contributed by atoms with Crippen LogP contribution in [0.1, 0.15) is 66.3 Å². The van der Waals surface area contributed by atoms with Crippen LogP contribution < -0.4 is 5.32 Å². The molecule has 9 rings (SSSR count). The van der Waals surface area contributed by atoms with Gasteiger partial charge in [-0.1, -0.05) is 72.8 Å². The van der Waals surface area contributed by atoms with Crippen LogP contribution in [-0.4, -0.2) is 28.2 Å². The summed E-state index contributed by atoms with van der Waals surface area (Å²) < 4.78 is 0. The summed E-state index contributed by atoms with van der Waals surface area (Å²) in [4.78, 5) is 18.2. The van der Waals surface area contributed by atoms with E-state index in [1.807, 2.05) is 51.9 Å². The smallest absolute Gasteiger partial charge is 0.0746 e. The maximum atomic E-state index is 4.92. The van der Waals surface area contributed by atoms with Gasteiger partial charge < -0.3 is 5.32 Å². The molecule has 5 nitrogen and oxygen atoms in total. The number of aryl methyl sites for hydroxylation is 1. The van der Waals surface area contributed by atoms with Gasteiger partial charge in [0.15, 0.2) is 0 Å². The quantitative estimate of drug-likeness (QED) is 0.156. The number of nitrogens with zero attached hydrogens (tertiary/aromatic N) is 4. The molecule has 3 aliphatic rings. The highest BCUT2D eigenvalue weighted by molar-refractivity contribution is 5.88. The van der Waals surface area contributed by atoms with E-state index in [0.717, 1.165) is 36.3 Å². The first kappa shape index (κ1) is 39.1. The van der Waals surface area contributed by atoms with Gasteiger partial charge in [-0.15, -0.1) is 0 Å². The molecule has 1 aliphatic heterocycles. The summed E-state index contributed by atoms with van der Waals surface area (Å²) in [5.41, 5.74) is 23.7. The SMILES string of the molecule is C/C=C(\C=C/NC)C1CC=NC2=C1Cc1ccc(-c3ccc(-c4ccc5c(c4)-c4nccc(-c6ccncc6)c4C5)cc3)cc12.C/C=C\C(=C/C)c1ccnc(C)c1C. The molecule has 59 heavy (non-hydrogen) atoms. The molecule has 0 fully saturated rings. The van der Waals surface area contributed by atoms with Crippen molar-refractivity contribution in [1.82, 2.24) is 20.3 Å². The van der Waals surface area contributed by atoms with Crippen molar-refractivity contribution in [2.24, 2.45) is 10.9 Å². The minimum Gasteiger partial charge on any atom is -0.394 e. The van der Waals surface area contributed by atoms with Crippen LogP contribution in [-0.2, 0) is 12.8 Å². The Kier molecular flexibility index (Phi) is 11.5. The predicted octanol–water partition coefficient (Wildman–Crippen LogP) is 12.8. The number of aromatic nitrogens is 3. The van der Waals surface area contributed by atoms with E-state index in [0.29, 0.717) is 5.92 Å². The van der Waals surface area contributed by atoms with Gasteiger partial charge >= 0.3 is 0 Å². The Bertz CT molecular complexity index is 2710. The van der Waals surface area contributed by atoms with Crippen LogP contribution in [0.3, 0.4) is 0 Å². The fourth-order valence-electron chi connectivity index (χ4n) is 8.71. The fraction of sp³-hybridized carbons (Fsp3) is 0.185. The molecule has 5 heteroatoms. The first-order chi connectivity index (χ1) is 28.9. The van der Waals surface area contributed by atoms with E-state index in [1.54, 1.807) is 0 Å². The number of allylic oxidation sites excluding steroid dienone is 8. The molecule has 0 radical (unpaired) electrons. The van der Waals surface area contributed by atoms with Crippen LogP contribution in [0, 0.1) is 19.8 Å². The molecule has 1 atom stereocenters. The number of hydrogen-bond donors (Lipinski definition) is 1. The molecule has 6 aromatic rings. The average molecular weight is 770 g/mol. The van der Waals surface area contributed by atoms with Crippen LogP contribution in [0.4, 0.5) is 0 Å². The van der Waals surface area contributed by atoms with Crippen molar-refractivity contribution in [3.63, 3.8) is 0 Å². The summed E-state index contributed by atoms with van der Waals surface area (Å²) in [7, 11) is 1.94. The Morgan fingerprint density at radius 3 is 2.02 bits per heavy atom. The number of hydrogen-bond acceptors (Lipinski definition) is 5. The Morgan fingerprint density at radius 2 is 1.34 bits per heavy atom. The van der Waals surface area contributed by atoms with Crippen molar-refractivity contribution >= 4 is 17.5 Å². The number of nitrogens with one attached hydrogen (secondary N) is 1. The lowest BCUT2D eigenvalue weighted by atomic mass is 9.85. The van der Waals surface area contributed by atoms with Gasteiger partial charge in [-0.25, -0.2) is 0 Å². The minimum absolute atomic E-state index is 0.374. The molecule has 3 aromatic carbocycles. The average Bonchev–Trinajstić information content (AvgIpc) is 3.86. The van der Waals surface area contributed by atoms with Crippen molar-refractivity contribution in [2.45, 2.75) is 53.9 Å². The Morgan fingerprint density at radius 1 is 0.661 bits per heavy atom. The zero-order chi connectivity index (χ0) is 40.9. The van der Waals surface area contributed by atoms with Crippen molar-refractivity contribution in [3.05, 3.63) is 197 Å². The highest BCUT2D eigenvalue weighted by Gasteiger charge is 2.30. The molecule has 292 valence electrons. The van der Waals surface area contributed by atoms with Gasteiger partial charge in [0.05, 0.1) is 11.4 Å². The maximum Gasteiger partial charge on any atom is 0.0746 e. The zero-order valence-corrected chi connectivity index (χ0v) is 34.9. The largest absolute Gasteiger partial charge is 0.394 e. The number of rotatable bonds is 8. The molecule has 1 unspecified atom stereocenters. The van der Waals surface area contributed by atoms with Gasteiger partial charge in [0.25, 0.3) is 0 Å². The zero-order valence-electron chi connectivity index (χ0n) is 34.9. The predicted molar refractivity (Wildman–Crippen MR) is 248 cm³/mol. The first-order valence-corrected chi connectivity index (χ1v) is 20.6. The standard InChI is InChI=1S/C41H34N4.C13H17N/c1-3-26(12-17-42-2)34-15-20-44-40-36-22-30(8-10-32(36)24-38(34)40)27-4-6-28(7-5-27)31-9-11-33-25-39-35(29-13-18-43-19-14-29)16-21-45-41(39)37(33)23-31;1-5-7-12(6-2)13-8-9-14-11(4)10(13)3/h3-14,16-23,34,42H,15,24-25H2,1-2H3;5-9H,1-4H3/b17-12-,26-3+;7-5-,12-6+. The molecule has 0 bridgehead atoms. The van der Waals surface area contributed by atoms with Gasteiger partial charge in [0, 0.05) is 67.2 Å². The van der Waals surface area contributed by atoms with E-state index in [4.69, 9.17) is 9.98 Å². The topological polar surface area (TPSA) is 63.1 Å². The highest BCUT2D eigenvalue weighted by Crippen LogP contribution is 2.45. The summed E-state index contributed by atoms with van der Waals surface area (Å²) in [6.45, 7) is 10.4. The Hall–Kier alpha value is -6.72. The summed E-state index contributed by atoms with van der Waals surface area (Å²) in [5, 5.41) is 3.14. The van der Waals surface area contributed by atoms with Crippen LogP contribution in [0.15, 0.2) is 162 Å². The molecular weight excluding hydrogens is 719 g/mol. The Labute approximate surface area is 349 Å². The van der Waals surface area contributed by atoms with Gasteiger partial charge in [0.1, 0.15) is 0 Å². The van der Waals surface area contributed by atoms with Gasteiger partial charge in [-0.3, -0.25) is 19.9 Å². The number of fused-ring (bicyclic) bond motifs is 5. The molecular formula is C54H51N5. The number of pyridine rings is 3. The summed E-state index contributed by atoms with van der Waals surface area (Å²) in [6.07, 6.45) is 25.2. The monoisotopic (exact) mass is 769 g/mol. The second-order valence-electron chi connectivity index (χ2n) is 15.3.